The van der Waals surface area contributed by atoms with Crippen molar-refractivity contribution in [2.75, 3.05) is 0 Å². The molecule has 29 heavy (non-hydrogen) atoms. The van der Waals surface area contributed by atoms with Gasteiger partial charge in [0.1, 0.15) is 0 Å². The van der Waals surface area contributed by atoms with E-state index in [4.69, 9.17) is 4.84 Å². The van der Waals surface area contributed by atoms with Gasteiger partial charge in [-0.25, -0.2) is 14.6 Å². The Morgan fingerprint density at radius 1 is 1.00 bits per heavy atom. The molecule has 11 heteroatoms. The van der Waals surface area contributed by atoms with Crippen molar-refractivity contribution in [2.24, 2.45) is 14.1 Å². The monoisotopic (exact) mass is 397 g/mol. The summed E-state index contributed by atoms with van der Waals surface area (Å²) in [5, 5.41) is 0.432. The summed E-state index contributed by atoms with van der Waals surface area (Å²) in [5.74, 6) is -2.25. The van der Waals surface area contributed by atoms with Crippen molar-refractivity contribution in [3.05, 3.63) is 62.6 Å². The highest BCUT2D eigenvalue weighted by molar-refractivity contribution is 6.20. The molecular formula is C18H15N5O6. The number of benzene rings is 1. The van der Waals surface area contributed by atoms with Gasteiger partial charge in [-0.15, -0.1) is 0 Å². The van der Waals surface area contributed by atoms with Crippen molar-refractivity contribution in [1.82, 2.24) is 23.7 Å². The van der Waals surface area contributed by atoms with Gasteiger partial charge in [-0.3, -0.25) is 23.5 Å². The van der Waals surface area contributed by atoms with Crippen LogP contribution in [0.1, 0.15) is 27.1 Å². The van der Waals surface area contributed by atoms with Crippen molar-refractivity contribution < 1.29 is 19.2 Å². The molecule has 1 aliphatic heterocycles. The van der Waals surface area contributed by atoms with E-state index in [1.54, 1.807) is 12.1 Å². The molecule has 0 bridgehead atoms. The highest BCUT2D eigenvalue weighted by atomic mass is 16.7. The van der Waals surface area contributed by atoms with E-state index in [1.807, 2.05) is 0 Å². The second-order valence-corrected chi connectivity index (χ2v) is 6.48. The first-order valence-corrected chi connectivity index (χ1v) is 8.60. The molecule has 2 amide bonds. The van der Waals surface area contributed by atoms with Gasteiger partial charge in [0, 0.05) is 20.6 Å². The number of nitrogens with zero attached hydrogens (tertiary/aromatic N) is 5. The van der Waals surface area contributed by atoms with E-state index in [0.29, 0.717) is 5.06 Å². The molecule has 0 spiro atoms. The minimum atomic E-state index is -0.831. The van der Waals surface area contributed by atoms with Gasteiger partial charge in [-0.1, -0.05) is 17.2 Å². The number of fused-ring (bicyclic) bond motifs is 2. The average Bonchev–Trinajstić information content (AvgIpc) is 3.25. The third-order valence-corrected chi connectivity index (χ3v) is 4.72. The Morgan fingerprint density at radius 3 is 2.24 bits per heavy atom. The number of carbonyl (C=O) groups is 3. The highest BCUT2D eigenvalue weighted by Crippen LogP contribution is 2.22. The van der Waals surface area contributed by atoms with E-state index in [0.717, 1.165) is 4.57 Å². The molecule has 0 saturated heterocycles. The number of imidazole rings is 1. The number of hydrogen-bond donors (Lipinski definition) is 0. The average molecular weight is 397 g/mol. The van der Waals surface area contributed by atoms with Gasteiger partial charge in [-0.05, 0) is 12.1 Å². The molecule has 3 heterocycles. The van der Waals surface area contributed by atoms with E-state index in [9.17, 15) is 24.0 Å². The number of hydrogen-bond acceptors (Lipinski definition) is 7. The minimum absolute atomic E-state index is 0.00590. The molecule has 148 valence electrons. The molecule has 11 nitrogen and oxygen atoms in total. The lowest BCUT2D eigenvalue weighted by molar-refractivity contribution is -0.168. The first kappa shape index (κ1) is 18.3. The van der Waals surface area contributed by atoms with Crippen LogP contribution in [0.15, 0.2) is 40.2 Å². The number of amides is 2. The number of aryl methyl sites for hydroxylation is 2. The van der Waals surface area contributed by atoms with Gasteiger partial charge < -0.3 is 9.40 Å². The van der Waals surface area contributed by atoms with Crippen molar-refractivity contribution in [3.8, 4) is 0 Å². The van der Waals surface area contributed by atoms with Gasteiger partial charge in [0.25, 0.3) is 17.4 Å². The fraction of sp³-hybridized carbons (Fsp3) is 0.222. The van der Waals surface area contributed by atoms with E-state index >= 15 is 0 Å². The molecule has 0 atom stereocenters. The van der Waals surface area contributed by atoms with Gasteiger partial charge in [0.2, 0.25) is 0 Å². The third-order valence-electron chi connectivity index (χ3n) is 4.72. The lowest BCUT2D eigenvalue weighted by atomic mass is 10.1. The summed E-state index contributed by atoms with van der Waals surface area (Å²) in [6, 6.07) is 6.16. The fourth-order valence-electron chi connectivity index (χ4n) is 3.18. The van der Waals surface area contributed by atoms with Gasteiger partial charge in [-0.2, -0.15) is 0 Å². The van der Waals surface area contributed by atoms with Crippen LogP contribution in [0, 0.1) is 0 Å². The van der Waals surface area contributed by atoms with E-state index in [2.05, 4.69) is 4.98 Å². The zero-order valence-corrected chi connectivity index (χ0v) is 15.5. The Morgan fingerprint density at radius 2 is 1.62 bits per heavy atom. The maximum atomic E-state index is 12.4. The summed E-state index contributed by atoms with van der Waals surface area (Å²) in [5.41, 5.74) is -0.396. The SMILES string of the molecule is Cn1c(=O)c2c(ncn2CCC(=O)ON2C(=O)c3ccccc3C2=O)n(C)c1=O. The number of aromatic nitrogens is 4. The predicted molar refractivity (Wildman–Crippen MR) is 97.9 cm³/mol. The Balaban J connectivity index is 1.52. The molecule has 0 fully saturated rings. The van der Waals surface area contributed by atoms with E-state index in [-0.39, 0.29) is 35.3 Å². The van der Waals surface area contributed by atoms with E-state index in [1.165, 1.54) is 41.7 Å². The van der Waals surface area contributed by atoms with Crippen LogP contribution in [0.2, 0.25) is 0 Å². The van der Waals surface area contributed by atoms with Crippen LogP contribution in [-0.2, 0) is 30.3 Å². The minimum Gasteiger partial charge on any atom is -0.330 e. The topological polar surface area (TPSA) is 126 Å². The van der Waals surface area contributed by atoms with Gasteiger partial charge >= 0.3 is 11.7 Å². The van der Waals surface area contributed by atoms with Crippen molar-refractivity contribution in [2.45, 2.75) is 13.0 Å². The summed E-state index contributed by atoms with van der Waals surface area (Å²) in [7, 11) is 2.83. The normalized spacial score (nSPS) is 13.2. The second-order valence-electron chi connectivity index (χ2n) is 6.48. The molecule has 0 unspecified atom stereocenters. The molecule has 0 saturated carbocycles. The number of imide groups is 1. The van der Waals surface area contributed by atoms with Crippen LogP contribution in [0.25, 0.3) is 11.2 Å². The van der Waals surface area contributed by atoms with Crippen LogP contribution in [0.3, 0.4) is 0 Å². The standard InChI is InChI=1S/C18H15N5O6/c1-20-14-13(17(27)21(2)18(20)28)22(9-19-14)8-7-12(24)29-23-15(25)10-5-3-4-6-11(10)16(23)26/h3-6,9H,7-8H2,1-2H3. The second kappa shape index (κ2) is 6.55. The van der Waals surface area contributed by atoms with Crippen molar-refractivity contribution >= 4 is 28.9 Å². The predicted octanol–water partition coefficient (Wildman–Crippen LogP) is -0.422. The fourth-order valence-corrected chi connectivity index (χ4v) is 3.18. The molecule has 0 radical (unpaired) electrons. The molecule has 4 rings (SSSR count). The lowest BCUT2D eigenvalue weighted by Gasteiger charge is -2.13. The summed E-state index contributed by atoms with van der Waals surface area (Å²) in [4.78, 5) is 70.0. The van der Waals surface area contributed by atoms with Crippen LogP contribution < -0.4 is 11.2 Å². The Hall–Kier alpha value is -4.02. The zero-order valence-electron chi connectivity index (χ0n) is 15.5. The molecule has 2 aromatic heterocycles. The molecule has 1 aliphatic rings. The van der Waals surface area contributed by atoms with Crippen LogP contribution in [0.5, 0.6) is 0 Å². The van der Waals surface area contributed by atoms with Crippen LogP contribution >= 0.6 is 0 Å². The van der Waals surface area contributed by atoms with Crippen LogP contribution in [-0.4, -0.2) is 41.5 Å². The van der Waals surface area contributed by atoms with Gasteiger partial charge in [0.15, 0.2) is 11.2 Å². The third kappa shape index (κ3) is 2.74. The first-order chi connectivity index (χ1) is 13.8. The highest BCUT2D eigenvalue weighted by Gasteiger charge is 2.38. The Kier molecular flexibility index (Phi) is 4.14. The lowest BCUT2D eigenvalue weighted by Crippen LogP contribution is -2.37. The van der Waals surface area contributed by atoms with Gasteiger partial charge in [0.05, 0.1) is 23.9 Å². The van der Waals surface area contributed by atoms with Crippen molar-refractivity contribution in [1.29, 1.82) is 0 Å². The molecule has 0 aliphatic carbocycles. The Labute approximate surface area is 162 Å². The van der Waals surface area contributed by atoms with Crippen molar-refractivity contribution in [3.63, 3.8) is 0 Å². The smallest absolute Gasteiger partial charge is 0.330 e. The molecular weight excluding hydrogens is 382 g/mol. The number of rotatable bonds is 4. The number of carbonyl (C=O) groups excluding carboxylic acids is 3. The maximum Gasteiger partial charge on any atom is 0.335 e. The van der Waals surface area contributed by atoms with Crippen LogP contribution in [0.4, 0.5) is 0 Å². The summed E-state index contributed by atoms with van der Waals surface area (Å²) >= 11 is 0. The maximum absolute atomic E-state index is 12.4. The van der Waals surface area contributed by atoms with E-state index < -0.39 is 29.0 Å². The summed E-state index contributed by atoms with van der Waals surface area (Å²) in [6.45, 7) is 0.00590. The largest absolute Gasteiger partial charge is 0.335 e. The quantitative estimate of drug-likeness (QED) is 0.547. The zero-order chi connectivity index (χ0) is 20.9. The number of hydroxylamine groups is 2. The summed E-state index contributed by atoms with van der Waals surface area (Å²) < 4.78 is 3.59. The molecule has 1 aromatic carbocycles. The first-order valence-electron chi connectivity index (χ1n) is 8.60. The summed E-state index contributed by atoms with van der Waals surface area (Å²) in [6.07, 6.45) is 1.10. The Bertz CT molecular complexity index is 1280. The molecule has 3 aromatic rings. The molecule has 0 N–H and O–H groups in total.